The monoisotopic (exact) mass is 951 g/mol. The Bertz CT molecular complexity index is 2060. The molecule has 1 unspecified atom stereocenters. The van der Waals surface area contributed by atoms with Crippen LogP contribution in [0, 0.1) is 16.7 Å². The molecule has 1 N–H and O–H groups in total. The minimum Gasteiger partial charge on any atom is -0.497 e. The first-order valence-corrected chi connectivity index (χ1v) is 28.3. The molecule has 7 fully saturated rings. The average molecular weight is 952 g/mol. The predicted octanol–water partition coefficient (Wildman–Crippen LogP) is 9.51. The Morgan fingerprint density at radius 1 is 0.803 bits per heavy atom. The van der Waals surface area contributed by atoms with Crippen molar-refractivity contribution >= 4 is 17.1 Å². The van der Waals surface area contributed by atoms with Crippen molar-refractivity contribution in [1.82, 2.24) is 0 Å². The molecular formula is C49H73N3O12Si2. The fourth-order valence-electron chi connectivity index (χ4n) is 12.8. The van der Waals surface area contributed by atoms with Gasteiger partial charge in [0.15, 0.2) is 18.4 Å². The topological polar surface area (TPSA) is 171 Å². The summed E-state index contributed by atoms with van der Waals surface area (Å²) in [6.45, 7) is 24.7. The molecule has 3 aliphatic carbocycles. The van der Waals surface area contributed by atoms with Gasteiger partial charge in [-0.15, -0.1) is 0 Å². The molecule has 4 saturated heterocycles. The Morgan fingerprint density at radius 3 is 2.02 bits per heavy atom. The second-order valence-corrected chi connectivity index (χ2v) is 30.7. The highest BCUT2D eigenvalue weighted by molar-refractivity contribution is 6.84. The van der Waals surface area contributed by atoms with Gasteiger partial charge in [-0.2, -0.15) is 0 Å². The average Bonchev–Trinajstić information content (AvgIpc) is 3.77. The van der Waals surface area contributed by atoms with Crippen LogP contribution >= 0.6 is 0 Å². The standard InChI is InChI=1S/C49H73N3O12Si2/c1-27(2)65(28(3)4)62-43-40(37(53)41-42(44(43)63-66(64-65,29(5)6)30(7)8)61-49(60-41)24-33-22-23-48(49,11)47(33,9)10)59-46-36(51-52-50)39(55-25-31-18-20-34(54-12)21-19-31)38-35(57-46)26-56-45(58-38)32-16-14-13-15-17-32/h13-21,27-30,33,35-46,53H,22-26H2,1-12H3/t33-,35+,36+,37+,38+,39+,40+,41-,42-,43-,44-,45+,46+,48-,49?/m0/s1. The molecule has 17 heteroatoms. The Balaban J connectivity index is 1.12. The van der Waals surface area contributed by atoms with Crippen molar-refractivity contribution in [2.75, 3.05) is 13.7 Å². The van der Waals surface area contributed by atoms with Crippen LogP contribution in [-0.4, -0.2) is 109 Å². The number of aliphatic hydroxyl groups is 1. The van der Waals surface area contributed by atoms with Crippen molar-refractivity contribution in [3.8, 4) is 5.75 Å². The van der Waals surface area contributed by atoms with Crippen LogP contribution in [0.1, 0.15) is 113 Å². The summed E-state index contributed by atoms with van der Waals surface area (Å²) >= 11 is 0. The first kappa shape index (κ1) is 48.6. The minimum atomic E-state index is -3.25. The summed E-state index contributed by atoms with van der Waals surface area (Å²) in [5.74, 6) is 0.156. The zero-order valence-corrected chi connectivity index (χ0v) is 42.8. The van der Waals surface area contributed by atoms with E-state index in [4.69, 9.17) is 50.9 Å². The van der Waals surface area contributed by atoms with Crippen LogP contribution in [0.3, 0.4) is 0 Å². The summed E-state index contributed by atoms with van der Waals surface area (Å²) in [6, 6.07) is 16.2. The lowest BCUT2D eigenvalue weighted by Crippen LogP contribution is -2.69. The van der Waals surface area contributed by atoms with Gasteiger partial charge in [-0.25, -0.2) is 0 Å². The smallest absolute Gasteiger partial charge is 0.335 e. The molecule has 4 heterocycles. The van der Waals surface area contributed by atoms with Gasteiger partial charge in [0.05, 0.1) is 20.3 Å². The maximum atomic E-state index is 13.1. The van der Waals surface area contributed by atoms with Crippen LogP contribution in [0.2, 0.25) is 22.2 Å². The van der Waals surface area contributed by atoms with Gasteiger partial charge in [-0.1, -0.05) is 124 Å². The highest BCUT2D eigenvalue weighted by Crippen LogP contribution is 2.73. The number of nitrogens with zero attached hydrogens (tertiary/aromatic N) is 3. The second kappa shape index (κ2) is 18.1. The molecule has 0 aromatic heterocycles. The van der Waals surface area contributed by atoms with Crippen LogP contribution in [0.4, 0.5) is 0 Å². The van der Waals surface area contributed by atoms with E-state index in [1.807, 2.05) is 54.6 Å². The van der Waals surface area contributed by atoms with E-state index in [-0.39, 0.29) is 46.2 Å². The van der Waals surface area contributed by atoms with Crippen LogP contribution in [0.25, 0.3) is 10.4 Å². The summed E-state index contributed by atoms with van der Waals surface area (Å²) in [4.78, 5) is 3.34. The molecule has 3 saturated carbocycles. The van der Waals surface area contributed by atoms with Crippen LogP contribution in [0.5, 0.6) is 5.75 Å². The fraction of sp³-hybridized carbons (Fsp3) is 0.755. The van der Waals surface area contributed by atoms with Crippen molar-refractivity contribution in [3.63, 3.8) is 0 Å². The summed E-state index contributed by atoms with van der Waals surface area (Å²) in [5, 5.41) is 17.4. The van der Waals surface area contributed by atoms with Crippen molar-refractivity contribution in [1.29, 1.82) is 0 Å². The number of fused-ring (bicyclic) bond motifs is 7. The fourth-order valence-corrected chi connectivity index (χ4v) is 24.1. The number of ether oxygens (including phenoxy) is 8. The van der Waals surface area contributed by atoms with Gasteiger partial charge in [0.1, 0.15) is 66.7 Å². The summed E-state index contributed by atoms with van der Waals surface area (Å²) < 4.78 is 77.1. The molecule has 2 aromatic carbocycles. The van der Waals surface area contributed by atoms with E-state index in [0.717, 1.165) is 36.1 Å². The van der Waals surface area contributed by atoms with Gasteiger partial charge in [0, 0.05) is 22.3 Å². The summed E-state index contributed by atoms with van der Waals surface area (Å²) in [7, 11) is -4.80. The normalized spacial score (nSPS) is 40.8. The van der Waals surface area contributed by atoms with Gasteiger partial charge in [0.25, 0.3) is 0 Å². The zero-order chi connectivity index (χ0) is 47.1. The molecule has 2 bridgehead atoms. The lowest BCUT2D eigenvalue weighted by Gasteiger charge is -2.51. The molecule has 2 aromatic rings. The molecule has 0 amide bonds. The Hall–Kier alpha value is -2.46. The number of benzene rings is 2. The zero-order valence-electron chi connectivity index (χ0n) is 40.8. The Labute approximate surface area is 392 Å². The number of hydrogen-bond acceptors (Lipinski definition) is 13. The van der Waals surface area contributed by atoms with Crippen LogP contribution < -0.4 is 4.74 Å². The molecule has 4 aliphatic heterocycles. The van der Waals surface area contributed by atoms with Gasteiger partial charge in [0.2, 0.25) is 0 Å². The van der Waals surface area contributed by atoms with E-state index in [0.29, 0.717) is 5.92 Å². The van der Waals surface area contributed by atoms with Crippen molar-refractivity contribution in [3.05, 3.63) is 76.2 Å². The van der Waals surface area contributed by atoms with E-state index in [1.165, 1.54) is 0 Å². The number of hydrogen-bond donors (Lipinski definition) is 1. The van der Waals surface area contributed by atoms with Crippen molar-refractivity contribution in [2.45, 2.75) is 204 Å². The molecule has 15 nitrogen and oxygen atoms in total. The van der Waals surface area contributed by atoms with Crippen molar-refractivity contribution in [2.24, 2.45) is 21.9 Å². The maximum absolute atomic E-state index is 13.1. The Morgan fingerprint density at radius 2 is 1.44 bits per heavy atom. The number of aliphatic hydroxyl groups excluding tert-OH is 1. The molecule has 9 rings (SSSR count). The highest BCUT2D eigenvalue weighted by atomic mass is 28.5. The van der Waals surface area contributed by atoms with Crippen LogP contribution in [0.15, 0.2) is 59.7 Å². The molecule has 364 valence electrons. The lowest BCUT2D eigenvalue weighted by atomic mass is 9.68. The predicted molar refractivity (Wildman–Crippen MR) is 248 cm³/mol. The maximum Gasteiger partial charge on any atom is 0.335 e. The third kappa shape index (κ3) is 7.67. The largest absolute Gasteiger partial charge is 0.497 e. The van der Waals surface area contributed by atoms with E-state index >= 15 is 0 Å². The minimum absolute atomic E-state index is 0.00423. The molecule has 7 aliphatic rings. The van der Waals surface area contributed by atoms with Gasteiger partial charge in [-0.3, -0.25) is 0 Å². The SMILES string of the molecule is COc1ccc(CO[C@@H]2[C@@H](N=[N+]=[N-])[C@@H](O[C@@H]3[C@@H](O)[C@@H]4OC5(C[C@@H]6CC[C@@]5(C)C6(C)C)O[C@@H]4[C@@H]4O[Si](C(C)C)(C(C)C)O[Si](C(C)C)(C(C)C)O[C@H]43)O[C@@H]3CO[C@@H](c4ccccc4)O[C@@H]23)cc1. The molecule has 0 radical (unpaired) electrons. The first-order chi connectivity index (χ1) is 31.3. The van der Waals surface area contributed by atoms with Gasteiger partial charge >= 0.3 is 17.1 Å². The van der Waals surface area contributed by atoms with E-state index in [2.05, 4.69) is 86.2 Å². The summed E-state index contributed by atoms with van der Waals surface area (Å²) in [6.07, 6.45) is -7.01. The summed E-state index contributed by atoms with van der Waals surface area (Å²) in [5.41, 5.74) is 11.7. The number of azide groups is 1. The Kier molecular flexibility index (Phi) is 13.3. The molecular weight excluding hydrogens is 879 g/mol. The third-order valence-electron chi connectivity index (χ3n) is 17.0. The van der Waals surface area contributed by atoms with E-state index in [1.54, 1.807) is 7.11 Å². The van der Waals surface area contributed by atoms with Crippen molar-refractivity contribution < 1.29 is 56.0 Å². The van der Waals surface area contributed by atoms with Gasteiger partial charge in [-0.05, 0) is 69.6 Å². The van der Waals surface area contributed by atoms with E-state index < -0.39 is 96.5 Å². The molecule has 15 atom stereocenters. The van der Waals surface area contributed by atoms with Crippen LogP contribution in [-0.2, 0) is 52.7 Å². The van der Waals surface area contributed by atoms with E-state index in [9.17, 15) is 10.6 Å². The lowest BCUT2D eigenvalue weighted by molar-refractivity contribution is -0.361. The highest BCUT2D eigenvalue weighted by Gasteiger charge is 2.77. The quantitative estimate of drug-likeness (QED) is 0.0927. The number of rotatable bonds is 12. The number of methoxy groups -OCH3 is 1. The molecule has 66 heavy (non-hydrogen) atoms. The molecule has 1 spiro atoms. The van der Waals surface area contributed by atoms with Gasteiger partial charge < -0.3 is 56.0 Å². The third-order valence-corrected chi connectivity index (χ3v) is 27.3. The first-order valence-electron chi connectivity index (χ1n) is 24.4. The second-order valence-electron chi connectivity index (χ2n) is 21.9.